The van der Waals surface area contributed by atoms with Gasteiger partial charge in [-0.25, -0.2) is 9.18 Å². The third kappa shape index (κ3) is 4.62. The number of anilines is 1. The lowest BCUT2D eigenvalue weighted by molar-refractivity contribution is -0.137. The van der Waals surface area contributed by atoms with Crippen molar-refractivity contribution in [2.45, 2.75) is 19.4 Å². The van der Waals surface area contributed by atoms with Gasteiger partial charge in [0, 0.05) is 66.0 Å². The SMILES string of the molecule is Cn1c(N2CCCC(C(=O)N3CCN(Cc4ccc(F)cc4)CC3)C2)cc(=O)n(C)c1=O. The zero-order valence-electron chi connectivity index (χ0n) is 18.7. The quantitative estimate of drug-likeness (QED) is 0.699. The predicted molar refractivity (Wildman–Crippen MR) is 120 cm³/mol. The minimum atomic E-state index is -0.363. The average molecular weight is 444 g/mol. The van der Waals surface area contributed by atoms with Crippen LogP contribution in [0.5, 0.6) is 0 Å². The second kappa shape index (κ2) is 9.28. The summed E-state index contributed by atoms with van der Waals surface area (Å²) in [5.41, 5.74) is 0.362. The number of benzene rings is 1. The number of hydrogen-bond acceptors (Lipinski definition) is 5. The normalized spacial score (nSPS) is 19.9. The molecular formula is C23H30FN5O3. The molecule has 0 bridgehead atoms. The molecule has 1 aromatic carbocycles. The molecule has 2 aromatic rings. The van der Waals surface area contributed by atoms with Crippen LogP contribution in [0, 0.1) is 11.7 Å². The molecule has 1 aromatic heterocycles. The molecule has 2 saturated heterocycles. The number of nitrogens with zero attached hydrogens (tertiary/aromatic N) is 5. The van der Waals surface area contributed by atoms with Crippen molar-refractivity contribution in [1.82, 2.24) is 18.9 Å². The third-order valence-electron chi connectivity index (χ3n) is 6.60. The van der Waals surface area contributed by atoms with Crippen LogP contribution < -0.4 is 16.1 Å². The maximum atomic E-state index is 13.2. The van der Waals surface area contributed by atoms with E-state index >= 15 is 0 Å². The topological polar surface area (TPSA) is 70.8 Å². The van der Waals surface area contributed by atoms with E-state index in [4.69, 9.17) is 0 Å². The summed E-state index contributed by atoms with van der Waals surface area (Å²) in [6.07, 6.45) is 1.65. The third-order valence-corrected chi connectivity index (χ3v) is 6.60. The van der Waals surface area contributed by atoms with E-state index in [1.807, 2.05) is 9.80 Å². The van der Waals surface area contributed by atoms with Gasteiger partial charge in [0.15, 0.2) is 0 Å². The molecule has 8 nitrogen and oxygen atoms in total. The molecule has 1 amide bonds. The molecule has 0 saturated carbocycles. The number of hydrogen-bond donors (Lipinski definition) is 0. The summed E-state index contributed by atoms with van der Waals surface area (Å²) in [5.74, 6) is 0.331. The number of halogens is 1. The van der Waals surface area contributed by atoms with Gasteiger partial charge in [0.2, 0.25) is 5.91 Å². The van der Waals surface area contributed by atoms with Crippen LogP contribution in [0.3, 0.4) is 0 Å². The Morgan fingerprint density at radius 3 is 2.38 bits per heavy atom. The Hall–Kier alpha value is -2.94. The lowest BCUT2D eigenvalue weighted by atomic mass is 9.96. The van der Waals surface area contributed by atoms with Gasteiger partial charge in [-0.05, 0) is 30.5 Å². The van der Waals surface area contributed by atoms with Crippen LogP contribution in [0.25, 0.3) is 0 Å². The molecule has 2 fully saturated rings. The molecule has 0 N–H and O–H groups in total. The van der Waals surface area contributed by atoms with E-state index in [0.717, 1.165) is 49.2 Å². The molecule has 3 heterocycles. The first kappa shape index (κ1) is 22.3. The van der Waals surface area contributed by atoms with Gasteiger partial charge in [-0.2, -0.15) is 0 Å². The van der Waals surface area contributed by atoms with E-state index < -0.39 is 0 Å². The summed E-state index contributed by atoms with van der Waals surface area (Å²) in [4.78, 5) is 43.8. The monoisotopic (exact) mass is 443 g/mol. The van der Waals surface area contributed by atoms with Crippen LogP contribution in [-0.4, -0.2) is 64.1 Å². The number of piperidine rings is 1. The summed E-state index contributed by atoms with van der Waals surface area (Å²) in [6.45, 7) is 4.87. The number of amides is 1. The first-order valence-electron chi connectivity index (χ1n) is 11.1. The van der Waals surface area contributed by atoms with Gasteiger partial charge in [-0.15, -0.1) is 0 Å². The molecule has 32 heavy (non-hydrogen) atoms. The fourth-order valence-electron chi connectivity index (χ4n) is 4.64. The standard InChI is InChI=1S/C23H30FN5O3/c1-25-20(14-21(30)26(2)23(25)32)29-9-3-4-18(16-29)22(31)28-12-10-27(11-13-28)15-17-5-7-19(24)8-6-17/h5-8,14,18H,3-4,9-13,15-16H2,1-2H3. The predicted octanol–water partition coefficient (Wildman–Crippen LogP) is 0.784. The van der Waals surface area contributed by atoms with Crippen molar-refractivity contribution in [2.75, 3.05) is 44.2 Å². The van der Waals surface area contributed by atoms with Gasteiger partial charge in [-0.3, -0.25) is 23.6 Å². The van der Waals surface area contributed by atoms with E-state index in [1.54, 1.807) is 19.2 Å². The maximum absolute atomic E-state index is 13.2. The van der Waals surface area contributed by atoms with Crippen molar-refractivity contribution in [2.24, 2.45) is 20.0 Å². The molecule has 172 valence electrons. The lowest BCUT2D eigenvalue weighted by Gasteiger charge is -2.39. The van der Waals surface area contributed by atoms with Gasteiger partial charge < -0.3 is 9.80 Å². The molecule has 2 aliphatic heterocycles. The minimum absolute atomic E-state index is 0.143. The zero-order valence-corrected chi connectivity index (χ0v) is 18.7. The number of carbonyl (C=O) groups is 1. The molecular weight excluding hydrogens is 413 g/mol. The summed E-state index contributed by atoms with van der Waals surface area (Å²) in [7, 11) is 3.12. The Kier molecular flexibility index (Phi) is 6.45. The van der Waals surface area contributed by atoms with Crippen molar-refractivity contribution in [3.8, 4) is 0 Å². The van der Waals surface area contributed by atoms with Crippen LogP contribution in [0.2, 0.25) is 0 Å². The second-order valence-electron chi connectivity index (χ2n) is 8.75. The van der Waals surface area contributed by atoms with Crippen LogP contribution >= 0.6 is 0 Å². The Balaban J connectivity index is 1.36. The number of aromatic nitrogens is 2. The summed E-state index contributed by atoms with van der Waals surface area (Å²) in [5, 5.41) is 0. The molecule has 1 unspecified atom stereocenters. The first-order chi connectivity index (χ1) is 15.3. The van der Waals surface area contributed by atoms with Crippen molar-refractivity contribution in [3.63, 3.8) is 0 Å². The van der Waals surface area contributed by atoms with Crippen molar-refractivity contribution < 1.29 is 9.18 Å². The summed E-state index contributed by atoms with van der Waals surface area (Å²) < 4.78 is 15.7. The molecule has 4 rings (SSSR count). The van der Waals surface area contributed by atoms with Crippen molar-refractivity contribution in [1.29, 1.82) is 0 Å². The number of rotatable bonds is 4. The number of piperazine rings is 1. The minimum Gasteiger partial charge on any atom is -0.357 e. The van der Waals surface area contributed by atoms with E-state index in [1.165, 1.54) is 29.8 Å². The Morgan fingerprint density at radius 1 is 1.00 bits per heavy atom. The molecule has 0 aliphatic carbocycles. The Bertz CT molecular complexity index is 1090. The first-order valence-corrected chi connectivity index (χ1v) is 11.1. The zero-order chi connectivity index (χ0) is 22.8. The van der Waals surface area contributed by atoms with E-state index in [2.05, 4.69) is 4.90 Å². The van der Waals surface area contributed by atoms with Crippen molar-refractivity contribution >= 4 is 11.7 Å². The molecule has 9 heteroatoms. The van der Waals surface area contributed by atoms with E-state index in [0.29, 0.717) is 25.5 Å². The van der Waals surface area contributed by atoms with Gasteiger partial charge in [0.05, 0.1) is 5.92 Å². The largest absolute Gasteiger partial charge is 0.357 e. The highest BCUT2D eigenvalue weighted by atomic mass is 19.1. The Labute approximate surface area is 186 Å². The smallest absolute Gasteiger partial charge is 0.332 e. The van der Waals surface area contributed by atoms with Gasteiger partial charge in [-0.1, -0.05) is 12.1 Å². The molecule has 0 radical (unpaired) electrons. The van der Waals surface area contributed by atoms with Crippen molar-refractivity contribution in [3.05, 3.63) is 62.6 Å². The average Bonchev–Trinajstić information content (AvgIpc) is 2.81. The van der Waals surface area contributed by atoms with Crippen LogP contribution in [0.4, 0.5) is 10.2 Å². The van der Waals surface area contributed by atoms with Crippen LogP contribution in [-0.2, 0) is 25.4 Å². The number of carbonyl (C=O) groups excluding carboxylic acids is 1. The van der Waals surface area contributed by atoms with Crippen LogP contribution in [0.1, 0.15) is 18.4 Å². The highest BCUT2D eigenvalue weighted by molar-refractivity contribution is 5.80. The van der Waals surface area contributed by atoms with E-state index in [9.17, 15) is 18.8 Å². The highest BCUT2D eigenvalue weighted by Crippen LogP contribution is 2.23. The molecule has 2 aliphatic rings. The fourth-order valence-corrected chi connectivity index (χ4v) is 4.64. The van der Waals surface area contributed by atoms with Gasteiger partial charge in [0.25, 0.3) is 5.56 Å². The Morgan fingerprint density at radius 2 is 1.69 bits per heavy atom. The molecule has 1 atom stereocenters. The summed E-state index contributed by atoms with van der Waals surface area (Å²) in [6, 6.07) is 8.02. The molecule has 0 spiro atoms. The lowest BCUT2D eigenvalue weighted by Crippen LogP contribution is -2.52. The fraction of sp³-hybridized carbons (Fsp3) is 0.522. The maximum Gasteiger partial charge on any atom is 0.332 e. The highest BCUT2D eigenvalue weighted by Gasteiger charge is 2.32. The van der Waals surface area contributed by atoms with Crippen LogP contribution in [0.15, 0.2) is 39.9 Å². The summed E-state index contributed by atoms with van der Waals surface area (Å²) >= 11 is 0. The van der Waals surface area contributed by atoms with E-state index in [-0.39, 0.29) is 28.9 Å². The second-order valence-corrected chi connectivity index (χ2v) is 8.75. The van der Waals surface area contributed by atoms with Gasteiger partial charge >= 0.3 is 5.69 Å². The van der Waals surface area contributed by atoms with Gasteiger partial charge in [0.1, 0.15) is 11.6 Å².